The molecule has 12 heavy (non-hydrogen) atoms. The Morgan fingerprint density at radius 1 is 1.42 bits per heavy atom. The summed E-state index contributed by atoms with van der Waals surface area (Å²) in [5.41, 5.74) is 14.0. The van der Waals surface area contributed by atoms with E-state index >= 15 is 0 Å². The van der Waals surface area contributed by atoms with Gasteiger partial charge in [0.15, 0.2) is 0 Å². The van der Waals surface area contributed by atoms with Gasteiger partial charge in [0.25, 0.3) is 0 Å². The Morgan fingerprint density at radius 2 is 1.92 bits per heavy atom. The summed E-state index contributed by atoms with van der Waals surface area (Å²) in [7, 11) is 15.4. The summed E-state index contributed by atoms with van der Waals surface area (Å²) in [6.45, 7) is 0.249. The fraction of sp³-hybridized carbons (Fsp3) is 1.00. The molecule has 0 bridgehead atoms. The molecule has 2 nitrogen and oxygen atoms in total. The molecule has 0 amide bonds. The van der Waals surface area contributed by atoms with E-state index in [2.05, 4.69) is 0 Å². The van der Waals surface area contributed by atoms with Crippen LogP contribution in [0.4, 0.5) is 0 Å². The van der Waals surface area contributed by atoms with Crippen LogP contribution >= 0.6 is 27.1 Å². The van der Waals surface area contributed by atoms with Crippen molar-refractivity contribution in [2.75, 3.05) is 6.54 Å². The number of hydrogen-bond donors (Lipinski definition) is 0. The molecular formula is C5H11Cl3HgN2Pt. The van der Waals surface area contributed by atoms with Crippen LogP contribution in [0.3, 0.4) is 0 Å². The van der Waals surface area contributed by atoms with Crippen molar-refractivity contribution in [1.29, 1.82) is 0 Å². The van der Waals surface area contributed by atoms with E-state index in [-0.39, 0.29) is 12.6 Å². The molecule has 0 spiro atoms. The number of rotatable bonds is 5. The van der Waals surface area contributed by atoms with Crippen molar-refractivity contribution >= 4 is 27.1 Å². The molecule has 0 aliphatic heterocycles. The van der Waals surface area contributed by atoms with Crippen LogP contribution < -0.4 is 0 Å². The van der Waals surface area contributed by atoms with Gasteiger partial charge in [0.2, 0.25) is 0 Å². The zero-order valence-corrected chi connectivity index (χ0v) is 16.6. The molecule has 74 valence electrons. The van der Waals surface area contributed by atoms with Gasteiger partial charge in [-0.1, -0.05) is 0 Å². The second kappa shape index (κ2) is 15.9. The van der Waals surface area contributed by atoms with Gasteiger partial charge in [-0.15, -0.1) is 0 Å². The molecule has 2 N–H and O–H groups in total. The van der Waals surface area contributed by atoms with Gasteiger partial charge in [-0.2, -0.15) is 0 Å². The predicted octanol–water partition coefficient (Wildman–Crippen LogP) is 4.27. The summed E-state index contributed by atoms with van der Waals surface area (Å²) in [6, 6.07) is -0.151. The number of nitrogens with one attached hydrogen (secondary N) is 2. The average Bonchev–Trinajstić information content (AvgIpc) is 2.06. The van der Waals surface area contributed by atoms with Gasteiger partial charge in [-0.3, -0.25) is 0 Å². The van der Waals surface area contributed by atoms with E-state index < -0.39 is 39.8 Å². The van der Waals surface area contributed by atoms with Gasteiger partial charge in [0, 0.05) is 0 Å². The molecular weight excluding hydrogens is 590 g/mol. The third kappa shape index (κ3) is 18.2. The normalized spacial score (nSPS) is 11.4. The molecule has 0 rings (SSSR count). The van der Waals surface area contributed by atoms with E-state index in [0.717, 1.165) is 12.8 Å². The van der Waals surface area contributed by atoms with Gasteiger partial charge in [-0.25, -0.2) is 0 Å². The number of hydrogen-bond acceptors (Lipinski definition) is 0. The van der Waals surface area contributed by atoms with Crippen LogP contribution in [-0.2, 0) is 39.8 Å². The zero-order chi connectivity index (χ0) is 9.82. The second-order valence-corrected chi connectivity index (χ2v) is 12.9. The first-order chi connectivity index (χ1) is 5.72. The molecule has 0 aromatic heterocycles. The molecule has 0 saturated carbocycles. The van der Waals surface area contributed by atoms with Gasteiger partial charge < -0.3 is 0 Å². The Balaban J connectivity index is 0. The minimum atomic E-state index is -0.905. The van der Waals surface area contributed by atoms with E-state index in [9.17, 15) is 0 Å². The van der Waals surface area contributed by atoms with Crippen LogP contribution in [-0.4, -0.2) is 12.6 Å². The maximum atomic E-state index is 7.19. The van der Waals surface area contributed by atoms with Crippen molar-refractivity contribution in [2.45, 2.75) is 22.8 Å². The quantitative estimate of drug-likeness (QED) is 0.334. The summed E-state index contributed by atoms with van der Waals surface area (Å²) >= 11 is -1.38. The van der Waals surface area contributed by atoms with Gasteiger partial charge in [0.1, 0.15) is 0 Å². The SMILES string of the molecule is [Cl][Pt+2][Cl].[NH-]CC([NH-])CC[CH2][Hg][Cl]. The molecule has 1 atom stereocenters. The molecule has 0 aliphatic rings. The number of halogens is 3. The Hall–Kier alpha value is 2.41. The van der Waals surface area contributed by atoms with Gasteiger partial charge >= 0.3 is 108 Å². The maximum absolute atomic E-state index is 7.19. The Labute approximate surface area is 106 Å². The first-order valence-corrected chi connectivity index (χ1v) is 19.8. The first-order valence-electron chi connectivity index (χ1n) is 3.47. The van der Waals surface area contributed by atoms with E-state index in [0.29, 0.717) is 0 Å². The van der Waals surface area contributed by atoms with E-state index in [4.69, 9.17) is 38.6 Å². The molecule has 0 aliphatic carbocycles. The van der Waals surface area contributed by atoms with Crippen LogP contribution in [0.1, 0.15) is 12.8 Å². The molecule has 1 unspecified atom stereocenters. The van der Waals surface area contributed by atoms with E-state index in [1.54, 1.807) is 0 Å². The first kappa shape index (κ1) is 16.8. The Kier molecular flexibility index (Phi) is 22.3. The molecule has 0 radical (unpaired) electrons. The third-order valence-electron chi connectivity index (χ3n) is 1.18. The molecule has 0 heterocycles. The monoisotopic (exact) mass is 601 g/mol. The standard InChI is InChI=1S/C5H11N2.3ClH.Hg.Pt/c1-2-3-5(7)4-6;;;;;/h5-7H,1-4H2;3*1H;;/q-2;;;;+1;+4/p-3. The van der Waals surface area contributed by atoms with Crippen LogP contribution in [0.25, 0.3) is 11.5 Å². The van der Waals surface area contributed by atoms with Gasteiger partial charge in [0.05, 0.1) is 0 Å². The Bertz CT molecular complexity index is 81.7. The molecule has 0 fully saturated rings. The van der Waals surface area contributed by atoms with E-state index in [1.165, 1.54) is 3.93 Å². The van der Waals surface area contributed by atoms with Crippen molar-refractivity contribution in [3.05, 3.63) is 11.5 Å². The van der Waals surface area contributed by atoms with Crippen molar-refractivity contribution < 1.29 is 39.8 Å². The van der Waals surface area contributed by atoms with Crippen LogP contribution in [0.15, 0.2) is 0 Å². The van der Waals surface area contributed by atoms with Crippen molar-refractivity contribution in [3.8, 4) is 0 Å². The van der Waals surface area contributed by atoms with Crippen LogP contribution in [0.2, 0.25) is 3.93 Å². The summed E-state index contributed by atoms with van der Waals surface area (Å²) in [5.74, 6) is 0. The summed E-state index contributed by atoms with van der Waals surface area (Å²) in [4.78, 5) is 0. The van der Waals surface area contributed by atoms with Crippen LogP contribution in [0.5, 0.6) is 0 Å². The minimum absolute atomic E-state index is 0.151. The molecule has 0 aromatic carbocycles. The van der Waals surface area contributed by atoms with Gasteiger partial charge in [-0.05, 0) is 0 Å². The van der Waals surface area contributed by atoms with Crippen molar-refractivity contribution in [3.63, 3.8) is 0 Å². The Morgan fingerprint density at radius 3 is 2.25 bits per heavy atom. The molecule has 0 saturated heterocycles. The summed E-state index contributed by atoms with van der Waals surface area (Å²) in [6.07, 6.45) is 1.98. The predicted molar refractivity (Wildman–Crippen MR) is 48.9 cm³/mol. The third-order valence-corrected chi connectivity index (χ3v) is 6.51. The average molecular weight is 601 g/mol. The summed E-state index contributed by atoms with van der Waals surface area (Å²) < 4.78 is 1.21. The summed E-state index contributed by atoms with van der Waals surface area (Å²) in [5, 5.41) is 0. The topological polar surface area (TPSA) is 47.6 Å². The second-order valence-electron chi connectivity index (χ2n) is 2.13. The van der Waals surface area contributed by atoms with Crippen molar-refractivity contribution in [2.24, 2.45) is 0 Å². The van der Waals surface area contributed by atoms with E-state index in [1.807, 2.05) is 0 Å². The molecule has 7 heteroatoms. The van der Waals surface area contributed by atoms with Crippen LogP contribution in [0, 0.1) is 0 Å². The fourth-order valence-corrected chi connectivity index (χ4v) is 4.10. The zero-order valence-electron chi connectivity index (χ0n) is 6.56. The molecule has 0 aromatic rings. The van der Waals surface area contributed by atoms with Crippen molar-refractivity contribution in [1.82, 2.24) is 0 Å². The fourth-order valence-electron chi connectivity index (χ4n) is 0.587.